The Morgan fingerprint density at radius 2 is 2.15 bits per heavy atom. The summed E-state index contributed by atoms with van der Waals surface area (Å²) in [7, 11) is 0. The zero-order chi connectivity index (χ0) is 13.5. The van der Waals surface area contributed by atoms with Crippen LogP contribution in [-0.4, -0.2) is 36.5 Å². The van der Waals surface area contributed by atoms with Crippen LogP contribution >= 0.6 is 0 Å². The van der Waals surface area contributed by atoms with Crippen LogP contribution < -0.4 is 5.32 Å². The van der Waals surface area contributed by atoms with E-state index in [-0.39, 0.29) is 5.91 Å². The molecule has 1 amide bonds. The molecule has 4 heteroatoms. The summed E-state index contributed by atoms with van der Waals surface area (Å²) in [5.41, 5.74) is 0.715. The summed E-state index contributed by atoms with van der Waals surface area (Å²) in [6.07, 6.45) is 5.78. The first-order chi connectivity index (χ1) is 9.78. The average molecular weight is 270 g/mol. The molecule has 2 aromatic rings. The molecule has 2 saturated heterocycles. The van der Waals surface area contributed by atoms with Gasteiger partial charge in [0.25, 0.3) is 5.91 Å². The van der Waals surface area contributed by atoms with E-state index < -0.39 is 0 Å². The Hall–Kier alpha value is -1.81. The smallest absolute Gasteiger partial charge is 0.251 e. The van der Waals surface area contributed by atoms with Crippen molar-refractivity contribution in [2.75, 3.05) is 19.6 Å². The summed E-state index contributed by atoms with van der Waals surface area (Å²) in [6.45, 7) is 3.40. The number of nitrogens with zero attached hydrogens (tertiary/aromatic N) is 1. The number of hydrogen-bond acceptors (Lipinski definition) is 3. The lowest BCUT2D eigenvalue weighted by Crippen LogP contribution is -2.47. The average Bonchev–Trinajstić information content (AvgIpc) is 3.04. The maximum absolute atomic E-state index is 12.4. The van der Waals surface area contributed by atoms with Crippen LogP contribution in [-0.2, 0) is 0 Å². The molecule has 0 aliphatic carbocycles. The topological polar surface area (TPSA) is 45.5 Å². The molecule has 0 spiro atoms. The first-order valence-corrected chi connectivity index (χ1v) is 7.27. The normalized spacial score (nSPS) is 28.7. The van der Waals surface area contributed by atoms with Gasteiger partial charge in [-0.05, 0) is 37.4 Å². The van der Waals surface area contributed by atoms with Gasteiger partial charge in [-0.15, -0.1) is 0 Å². The van der Waals surface area contributed by atoms with E-state index in [0.29, 0.717) is 11.6 Å². The Bertz CT molecular complexity index is 637. The van der Waals surface area contributed by atoms with Gasteiger partial charge in [-0.1, -0.05) is 6.07 Å². The first-order valence-electron chi connectivity index (χ1n) is 7.27. The first kappa shape index (κ1) is 12.0. The zero-order valence-corrected chi connectivity index (χ0v) is 11.3. The summed E-state index contributed by atoms with van der Waals surface area (Å²) < 4.78 is 5.15. The monoisotopic (exact) mass is 270 g/mol. The van der Waals surface area contributed by atoms with E-state index in [1.807, 2.05) is 18.2 Å². The van der Waals surface area contributed by atoms with Crippen molar-refractivity contribution in [2.45, 2.75) is 18.9 Å². The van der Waals surface area contributed by atoms with E-state index in [4.69, 9.17) is 4.42 Å². The van der Waals surface area contributed by atoms with E-state index in [2.05, 4.69) is 10.2 Å². The molecule has 1 aromatic heterocycles. The van der Waals surface area contributed by atoms with Gasteiger partial charge in [0.05, 0.1) is 12.5 Å². The number of benzene rings is 1. The molecule has 3 atom stereocenters. The summed E-state index contributed by atoms with van der Waals surface area (Å²) in [5, 5.41) is 5.19. The van der Waals surface area contributed by atoms with Crippen molar-refractivity contribution in [3.05, 3.63) is 36.3 Å². The highest BCUT2D eigenvalue weighted by atomic mass is 16.3. The number of rotatable bonds is 2. The Morgan fingerprint density at radius 3 is 3.05 bits per heavy atom. The van der Waals surface area contributed by atoms with E-state index in [1.165, 1.54) is 19.5 Å². The second-order valence-corrected chi connectivity index (χ2v) is 6.04. The van der Waals surface area contributed by atoms with Gasteiger partial charge in [0.1, 0.15) is 0 Å². The predicted octanol–water partition coefficient (Wildman–Crippen LogP) is 2.26. The Morgan fingerprint density at radius 1 is 1.25 bits per heavy atom. The molecule has 4 nitrogen and oxygen atoms in total. The molecule has 104 valence electrons. The molecule has 0 saturated carbocycles. The van der Waals surface area contributed by atoms with Crippen LogP contribution in [0.4, 0.5) is 0 Å². The Balaban J connectivity index is 1.49. The Labute approximate surface area is 117 Å². The minimum absolute atomic E-state index is 0.0283. The van der Waals surface area contributed by atoms with E-state index >= 15 is 0 Å². The highest BCUT2D eigenvalue weighted by Crippen LogP contribution is 2.27. The van der Waals surface area contributed by atoms with Crippen molar-refractivity contribution < 1.29 is 9.21 Å². The van der Waals surface area contributed by atoms with E-state index in [1.54, 1.807) is 12.5 Å². The summed E-state index contributed by atoms with van der Waals surface area (Å²) >= 11 is 0. The maximum Gasteiger partial charge on any atom is 0.251 e. The van der Waals surface area contributed by atoms with Crippen molar-refractivity contribution >= 4 is 16.7 Å². The standard InChI is InChI=1S/C16H18N2O2/c19-16(12-1-2-13-9-20-10-14(13)6-12)17-15-5-11-3-4-18(7-11)8-15/h1-2,6,9-11,15H,3-5,7-8H2,(H,17,19)/t11-,15-/m1/s1. The predicted molar refractivity (Wildman–Crippen MR) is 76.6 cm³/mol. The van der Waals surface area contributed by atoms with Crippen molar-refractivity contribution in [1.29, 1.82) is 0 Å². The van der Waals surface area contributed by atoms with Gasteiger partial charge < -0.3 is 14.6 Å². The number of nitrogens with one attached hydrogen (secondary N) is 1. The van der Waals surface area contributed by atoms with Gasteiger partial charge in [0.2, 0.25) is 0 Å². The quantitative estimate of drug-likeness (QED) is 0.910. The fourth-order valence-electron chi connectivity index (χ4n) is 3.54. The number of fused-ring (bicyclic) bond motifs is 3. The van der Waals surface area contributed by atoms with Gasteiger partial charge in [0.15, 0.2) is 0 Å². The van der Waals surface area contributed by atoms with Crippen LogP contribution in [0.5, 0.6) is 0 Å². The number of carbonyl (C=O) groups is 1. The molecule has 3 heterocycles. The van der Waals surface area contributed by atoms with E-state index in [0.717, 1.165) is 29.7 Å². The summed E-state index contributed by atoms with van der Waals surface area (Å²) in [4.78, 5) is 14.8. The highest BCUT2D eigenvalue weighted by molar-refractivity contribution is 5.98. The van der Waals surface area contributed by atoms with Crippen molar-refractivity contribution in [2.24, 2.45) is 5.92 Å². The van der Waals surface area contributed by atoms with Crippen molar-refractivity contribution in [3.63, 3.8) is 0 Å². The third kappa shape index (κ3) is 2.10. The third-order valence-electron chi connectivity index (χ3n) is 4.54. The minimum Gasteiger partial charge on any atom is -0.471 e. The van der Waals surface area contributed by atoms with Gasteiger partial charge in [-0.2, -0.15) is 0 Å². The molecule has 4 rings (SSSR count). The highest BCUT2D eigenvalue weighted by Gasteiger charge is 2.32. The number of furan rings is 1. The van der Waals surface area contributed by atoms with E-state index in [9.17, 15) is 4.79 Å². The lowest BCUT2D eigenvalue weighted by Gasteiger charge is -2.30. The molecule has 2 fully saturated rings. The summed E-state index contributed by atoms with van der Waals surface area (Å²) in [6, 6.07) is 5.99. The zero-order valence-electron chi connectivity index (χ0n) is 11.3. The molecule has 1 unspecified atom stereocenters. The molecular weight excluding hydrogens is 252 g/mol. The molecule has 2 aliphatic heterocycles. The second kappa shape index (κ2) is 4.63. The van der Waals surface area contributed by atoms with Crippen molar-refractivity contribution in [1.82, 2.24) is 10.2 Å². The number of hydrogen-bond donors (Lipinski definition) is 1. The van der Waals surface area contributed by atoms with Crippen molar-refractivity contribution in [3.8, 4) is 0 Å². The third-order valence-corrected chi connectivity index (χ3v) is 4.54. The minimum atomic E-state index is 0.0283. The molecule has 0 radical (unpaired) electrons. The molecule has 1 N–H and O–H groups in total. The molecule has 2 bridgehead atoms. The fourth-order valence-corrected chi connectivity index (χ4v) is 3.54. The van der Waals surface area contributed by atoms with Crippen LogP contribution in [0, 0.1) is 5.92 Å². The number of amides is 1. The Kier molecular flexibility index (Phi) is 2.77. The second-order valence-electron chi connectivity index (χ2n) is 6.04. The molecule has 1 aromatic carbocycles. The van der Waals surface area contributed by atoms with Crippen LogP contribution in [0.15, 0.2) is 35.1 Å². The van der Waals surface area contributed by atoms with Gasteiger partial charge in [-0.25, -0.2) is 0 Å². The maximum atomic E-state index is 12.4. The summed E-state index contributed by atoms with van der Waals surface area (Å²) in [5.74, 6) is 0.797. The largest absolute Gasteiger partial charge is 0.471 e. The lowest BCUT2D eigenvalue weighted by atomic mass is 9.96. The number of piperidine rings is 1. The van der Waals surface area contributed by atoms with Gasteiger partial charge >= 0.3 is 0 Å². The van der Waals surface area contributed by atoms with Crippen LogP contribution in [0.25, 0.3) is 10.8 Å². The van der Waals surface area contributed by atoms with Gasteiger partial charge in [-0.3, -0.25) is 4.79 Å². The molecular formula is C16H18N2O2. The SMILES string of the molecule is O=C(N[C@@H]1C[C@H]2CCN(C2)C1)c1ccc2cocc2c1. The van der Waals surface area contributed by atoms with Crippen LogP contribution in [0.1, 0.15) is 23.2 Å². The molecule has 2 aliphatic rings. The van der Waals surface area contributed by atoms with Crippen LogP contribution in [0.2, 0.25) is 0 Å². The lowest BCUT2D eigenvalue weighted by molar-refractivity contribution is 0.0909. The number of carbonyl (C=O) groups excluding carboxylic acids is 1. The fraction of sp³-hybridized carbons (Fsp3) is 0.438. The molecule has 20 heavy (non-hydrogen) atoms. The van der Waals surface area contributed by atoms with Gasteiger partial charge in [0, 0.05) is 35.5 Å². The van der Waals surface area contributed by atoms with Crippen LogP contribution in [0.3, 0.4) is 0 Å².